The van der Waals surface area contributed by atoms with E-state index in [1.807, 2.05) is 24.3 Å². The Morgan fingerprint density at radius 3 is 2.83 bits per heavy atom. The first-order valence-electron chi connectivity index (χ1n) is 7.02. The molecule has 0 spiro atoms. The van der Waals surface area contributed by atoms with Crippen molar-refractivity contribution in [3.05, 3.63) is 53.6 Å². The summed E-state index contributed by atoms with van der Waals surface area (Å²) >= 11 is 6.80. The molecule has 0 amide bonds. The van der Waals surface area contributed by atoms with Crippen LogP contribution in [0.5, 0.6) is 0 Å². The van der Waals surface area contributed by atoms with Crippen LogP contribution in [0.25, 0.3) is 37.3 Å². The molecule has 4 aromatic heterocycles. The zero-order valence-electron chi connectivity index (χ0n) is 11.7. The molecule has 0 fully saturated rings. The summed E-state index contributed by atoms with van der Waals surface area (Å²) in [6, 6.07) is 14.3. The van der Waals surface area contributed by atoms with Gasteiger partial charge < -0.3 is 0 Å². The number of benzene rings is 1. The van der Waals surface area contributed by atoms with Gasteiger partial charge in [-0.15, -0.1) is 11.3 Å². The average Bonchev–Trinajstić information content (AvgIpc) is 3.15. The smallest absolute Gasteiger partial charge is 0.200 e. The number of thiophene rings is 1. The van der Waals surface area contributed by atoms with Crippen molar-refractivity contribution in [2.45, 2.75) is 0 Å². The normalized spacial score (nSPS) is 11.7. The molecule has 0 saturated heterocycles. The summed E-state index contributed by atoms with van der Waals surface area (Å²) in [7, 11) is 0. The van der Waals surface area contributed by atoms with Gasteiger partial charge in [0.25, 0.3) is 0 Å². The van der Waals surface area contributed by atoms with E-state index in [1.165, 1.54) is 0 Å². The second-order valence-corrected chi connectivity index (χ2v) is 6.55. The minimum atomic E-state index is 0.546. The second-order valence-electron chi connectivity index (χ2n) is 5.16. The number of nitrogens with zero attached hydrogens (tertiary/aromatic N) is 4. The molecule has 0 bridgehead atoms. The van der Waals surface area contributed by atoms with Crippen LogP contribution >= 0.6 is 23.6 Å². The van der Waals surface area contributed by atoms with Gasteiger partial charge in [0.05, 0.1) is 11.2 Å². The fourth-order valence-electron chi connectivity index (χ4n) is 2.70. The molecule has 0 unspecified atom stereocenters. The van der Waals surface area contributed by atoms with Crippen LogP contribution in [-0.4, -0.2) is 24.6 Å². The zero-order chi connectivity index (χ0) is 15.4. The molecule has 1 aromatic carbocycles. The van der Waals surface area contributed by atoms with Crippen molar-refractivity contribution in [1.29, 1.82) is 0 Å². The van der Waals surface area contributed by atoms with E-state index in [4.69, 9.17) is 17.2 Å². The third kappa shape index (κ3) is 1.84. The molecule has 4 heterocycles. The molecule has 0 aliphatic rings. The van der Waals surface area contributed by atoms with Gasteiger partial charge in [0.2, 0.25) is 4.77 Å². The highest BCUT2D eigenvalue weighted by Gasteiger charge is 2.13. The predicted molar refractivity (Wildman–Crippen MR) is 94.3 cm³/mol. The van der Waals surface area contributed by atoms with Gasteiger partial charge in [-0.25, -0.2) is 9.97 Å². The lowest BCUT2D eigenvalue weighted by molar-refractivity contribution is 1.05. The Balaban J connectivity index is 1.85. The maximum absolute atomic E-state index is 5.21. The molecular formula is C16H9N5S2. The minimum absolute atomic E-state index is 0.546. The molecule has 5 rings (SSSR count). The summed E-state index contributed by atoms with van der Waals surface area (Å²) in [6.45, 7) is 0. The predicted octanol–water partition coefficient (Wildman–Crippen LogP) is 4.22. The van der Waals surface area contributed by atoms with Gasteiger partial charge in [0.1, 0.15) is 15.9 Å². The van der Waals surface area contributed by atoms with E-state index < -0.39 is 0 Å². The number of aromatic amines is 1. The van der Waals surface area contributed by atoms with E-state index in [0.717, 1.165) is 37.3 Å². The number of H-pyrrole nitrogens is 1. The van der Waals surface area contributed by atoms with E-state index in [2.05, 4.69) is 33.4 Å². The summed E-state index contributed by atoms with van der Waals surface area (Å²) < 4.78 is 3.32. The molecule has 23 heavy (non-hydrogen) atoms. The highest BCUT2D eigenvalue weighted by atomic mass is 32.1. The Hall–Kier alpha value is -2.64. The molecule has 5 nitrogen and oxygen atoms in total. The molecule has 0 aliphatic carbocycles. The van der Waals surface area contributed by atoms with E-state index in [-0.39, 0.29) is 0 Å². The summed E-state index contributed by atoms with van der Waals surface area (Å²) in [5, 5.41) is 8.17. The fraction of sp³-hybridized carbons (Fsp3) is 0. The van der Waals surface area contributed by atoms with Crippen molar-refractivity contribution in [3.63, 3.8) is 0 Å². The van der Waals surface area contributed by atoms with Gasteiger partial charge >= 0.3 is 0 Å². The van der Waals surface area contributed by atoms with E-state index >= 15 is 0 Å². The number of fused-ring (bicyclic) bond motifs is 5. The fourth-order valence-corrected chi connectivity index (χ4v) is 3.99. The number of rotatable bonds is 1. The summed E-state index contributed by atoms with van der Waals surface area (Å²) in [5.41, 5.74) is 3.77. The topological polar surface area (TPSA) is 58.9 Å². The van der Waals surface area contributed by atoms with Crippen molar-refractivity contribution in [1.82, 2.24) is 24.6 Å². The average molecular weight is 335 g/mol. The van der Waals surface area contributed by atoms with Crippen LogP contribution in [0.1, 0.15) is 0 Å². The van der Waals surface area contributed by atoms with Crippen LogP contribution in [0, 0.1) is 4.77 Å². The maximum atomic E-state index is 5.21. The number of pyridine rings is 1. The van der Waals surface area contributed by atoms with Gasteiger partial charge in [-0.2, -0.15) is 5.10 Å². The van der Waals surface area contributed by atoms with Crippen LogP contribution in [0.4, 0.5) is 0 Å². The Morgan fingerprint density at radius 1 is 1.09 bits per heavy atom. The van der Waals surface area contributed by atoms with Crippen molar-refractivity contribution < 1.29 is 0 Å². The van der Waals surface area contributed by atoms with Crippen LogP contribution in [-0.2, 0) is 0 Å². The summed E-state index contributed by atoms with van der Waals surface area (Å²) in [5.74, 6) is 0. The van der Waals surface area contributed by atoms with Crippen molar-refractivity contribution in [2.75, 3.05) is 0 Å². The first kappa shape index (κ1) is 12.9. The number of hydrogen-bond donors (Lipinski definition) is 1. The molecule has 5 aromatic rings. The van der Waals surface area contributed by atoms with Crippen molar-refractivity contribution in [3.8, 4) is 11.3 Å². The molecule has 110 valence electrons. The zero-order valence-corrected chi connectivity index (χ0v) is 13.4. The molecule has 0 atom stereocenters. The lowest BCUT2D eigenvalue weighted by Crippen LogP contribution is -1.87. The Morgan fingerprint density at radius 2 is 1.96 bits per heavy atom. The van der Waals surface area contributed by atoms with Crippen LogP contribution in [0.3, 0.4) is 0 Å². The van der Waals surface area contributed by atoms with Crippen LogP contribution in [0.2, 0.25) is 0 Å². The summed E-state index contributed by atoms with van der Waals surface area (Å²) in [4.78, 5) is 10.3. The molecule has 0 saturated carbocycles. The van der Waals surface area contributed by atoms with Gasteiger partial charge in [-0.05, 0) is 24.4 Å². The third-order valence-corrected chi connectivity index (χ3v) is 5.18. The first-order valence-corrected chi connectivity index (χ1v) is 8.24. The third-order valence-electron chi connectivity index (χ3n) is 3.81. The Bertz CT molecular complexity index is 1230. The highest BCUT2D eigenvalue weighted by molar-refractivity contribution is 7.71. The van der Waals surface area contributed by atoms with Gasteiger partial charge in [0, 0.05) is 10.9 Å². The highest BCUT2D eigenvalue weighted by Crippen LogP contribution is 2.34. The number of nitrogens with one attached hydrogen (secondary N) is 1. The van der Waals surface area contributed by atoms with Gasteiger partial charge in [-0.3, -0.25) is 9.50 Å². The van der Waals surface area contributed by atoms with Crippen LogP contribution in [0.15, 0.2) is 48.8 Å². The molecule has 0 radical (unpaired) electrons. The van der Waals surface area contributed by atoms with E-state index in [9.17, 15) is 0 Å². The van der Waals surface area contributed by atoms with Crippen LogP contribution < -0.4 is 0 Å². The quantitative estimate of drug-likeness (QED) is 0.466. The monoisotopic (exact) mass is 335 g/mol. The van der Waals surface area contributed by atoms with E-state index in [1.54, 1.807) is 22.1 Å². The second kappa shape index (κ2) is 4.68. The Kier molecular flexibility index (Phi) is 2.61. The lowest BCUT2D eigenvalue weighted by Gasteiger charge is -2.00. The van der Waals surface area contributed by atoms with Crippen molar-refractivity contribution in [2.24, 2.45) is 0 Å². The maximum Gasteiger partial charge on any atom is 0.200 e. The SMILES string of the molecule is S=c1[nH]nc2c3sc4nc(-c5ccccc5)ccc4c3ncn12. The lowest BCUT2D eigenvalue weighted by atomic mass is 10.1. The number of aromatic nitrogens is 5. The van der Waals surface area contributed by atoms with Gasteiger partial charge in [-0.1, -0.05) is 30.3 Å². The molecule has 1 N–H and O–H groups in total. The Labute approximate surface area is 139 Å². The molecule has 7 heteroatoms. The molecule has 0 aliphatic heterocycles. The number of hydrogen-bond acceptors (Lipinski definition) is 5. The van der Waals surface area contributed by atoms with Crippen molar-refractivity contribution >= 4 is 49.6 Å². The molecular weight excluding hydrogens is 326 g/mol. The largest absolute Gasteiger partial charge is 0.257 e. The summed E-state index contributed by atoms with van der Waals surface area (Å²) in [6.07, 6.45) is 1.71. The first-order chi connectivity index (χ1) is 11.3. The minimum Gasteiger partial charge on any atom is -0.257 e. The standard InChI is InChI=1S/C16H9N5S2/c22-16-20-19-14-13-12(17-8-21(14)16)10-6-7-11(18-15(10)23-13)9-4-2-1-3-5-9/h1-8H,(H,20,22). The van der Waals surface area contributed by atoms with Gasteiger partial charge in [0.15, 0.2) is 5.65 Å². The van der Waals surface area contributed by atoms with E-state index in [0.29, 0.717) is 4.77 Å².